The Kier molecular flexibility index (Phi) is 4.48. The Balaban J connectivity index is 1.55. The minimum Gasteiger partial charge on any atom is -0.347 e. The van der Waals surface area contributed by atoms with Crippen LogP contribution in [0.1, 0.15) is 27.8 Å². The summed E-state index contributed by atoms with van der Waals surface area (Å²) in [5.41, 5.74) is 0.946. The van der Waals surface area contributed by atoms with E-state index in [1.165, 1.54) is 17.4 Å². The molecule has 0 unspecified atom stereocenters. The maximum absolute atomic E-state index is 12.9. The highest BCUT2D eigenvalue weighted by Crippen LogP contribution is 2.30. The van der Waals surface area contributed by atoms with Gasteiger partial charge in [-0.3, -0.25) is 10.1 Å². The van der Waals surface area contributed by atoms with E-state index in [4.69, 9.17) is 0 Å². The molecule has 0 radical (unpaired) electrons. The monoisotopic (exact) mass is 392 g/mol. The van der Waals surface area contributed by atoms with Crippen LogP contribution >= 0.6 is 11.3 Å². The molecule has 2 N–H and O–H groups in total. The second-order valence-electron chi connectivity index (χ2n) is 6.14. The number of hydrogen-bond donors (Lipinski definition) is 2. The van der Waals surface area contributed by atoms with Gasteiger partial charge < -0.3 is 5.32 Å². The van der Waals surface area contributed by atoms with Crippen molar-refractivity contribution >= 4 is 17.2 Å². The Hall–Kier alpha value is -2.65. The van der Waals surface area contributed by atoms with Crippen molar-refractivity contribution in [3.05, 3.63) is 64.7 Å². The Labute approximate surface area is 156 Å². The van der Waals surface area contributed by atoms with E-state index in [1.54, 1.807) is 16.8 Å². The number of rotatable bonds is 4. The number of nitrogens with zero attached hydrogens (tertiary/aromatic N) is 2. The van der Waals surface area contributed by atoms with Crippen LogP contribution in [0.3, 0.4) is 0 Å². The molecule has 140 valence electrons. The molecule has 0 bridgehead atoms. The van der Waals surface area contributed by atoms with Gasteiger partial charge in [-0.2, -0.15) is 18.3 Å². The molecule has 0 saturated carbocycles. The highest BCUT2D eigenvalue weighted by molar-refractivity contribution is 7.13. The molecule has 0 spiro atoms. The highest BCUT2D eigenvalue weighted by Gasteiger charge is 2.31. The van der Waals surface area contributed by atoms with Gasteiger partial charge in [-0.25, -0.2) is 4.68 Å². The first-order valence-electron chi connectivity index (χ1n) is 8.23. The topological polar surface area (TPSA) is 59.0 Å². The third-order valence-electron chi connectivity index (χ3n) is 4.29. The number of benzene rings is 1. The molecule has 3 heterocycles. The quantitative estimate of drug-likeness (QED) is 0.712. The molecule has 27 heavy (non-hydrogen) atoms. The summed E-state index contributed by atoms with van der Waals surface area (Å²) in [6.07, 6.45) is -4.72. The molecule has 2 aromatic heterocycles. The van der Waals surface area contributed by atoms with Crippen molar-refractivity contribution in [3.63, 3.8) is 0 Å². The van der Waals surface area contributed by atoms with Gasteiger partial charge in [0.15, 0.2) is 0 Å². The van der Waals surface area contributed by atoms with Crippen LogP contribution in [0, 0.1) is 0 Å². The smallest absolute Gasteiger partial charge is 0.347 e. The number of alkyl halides is 3. The summed E-state index contributed by atoms with van der Waals surface area (Å²) >= 11 is 1.52. The van der Waals surface area contributed by atoms with Crippen LogP contribution in [0.15, 0.2) is 47.8 Å². The zero-order valence-electron chi connectivity index (χ0n) is 14.0. The van der Waals surface area contributed by atoms with Crippen molar-refractivity contribution in [1.29, 1.82) is 0 Å². The molecule has 1 aliphatic rings. The number of halogens is 3. The number of amides is 1. The molecule has 1 aromatic carbocycles. The lowest BCUT2D eigenvalue weighted by Crippen LogP contribution is -2.45. The van der Waals surface area contributed by atoms with Gasteiger partial charge >= 0.3 is 6.18 Å². The number of thiophene rings is 1. The van der Waals surface area contributed by atoms with E-state index in [2.05, 4.69) is 15.7 Å². The van der Waals surface area contributed by atoms with Gasteiger partial charge in [-0.05, 0) is 29.1 Å². The van der Waals surface area contributed by atoms with Crippen LogP contribution in [-0.4, -0.2) is 22.2 Å². The Morgan fingerprint density at radius 2 is 2.11 bits per heavy atom. The van der Waals surface area contributed by atoms with Gasteiger partial charge in [0.25, 0.3) is 5.91 Å². The summed E-state index contributed by atoms with van der Waals surface area (Å²) in [5.74, 6) is -0.220. The van der Waals surface area contributed by atoms with Crippen LogP contribution in [0.5, 0.6) is 0 Å². The molecular formula is C18H15F3N4OS. The summed E-state index contributed by atoms with van der Waals surface area (Å²) in [4.78, 5) is 13.1. The van der Waals surface area contributed by atoms with Crippen LogP contribution in [0.2, 0.25) is 0 Å². The first-order chi connectivity index (χ1) is 12.9. The summed E-state index contributed by atoms with van der Waals surface area (Å²) in [7, 11) is 0. The molecule has 1 aliphatic heterocycles. The average Bonchev–Trinajstić information content (AvgIpc) is 3.31. The van der Waals surface area contributed by atoms with Gasteiger partial charge in [0, 0.05) is 6.54 Å². The predicted octanol–water partition coefficient (Wildman–Crippen LogP) is 3.66. The van der Waals surface area contributed by atoms with E-state index < -0.39 is 11.7 Å². The fourth-order valence-corrected chi connectivity index (χ4v) is 3.65. The van der Waals surface area contributed by atoms with E-state index in [0.29, 0.717) is 23.5 Å². The van der Waals surface area contributed by atoms with Crippen molar-refractivity contribution in [1.82, 2.24) is 20.4 Å². The fraction of sp³-hybridized carbons (Fsp3) is 0.222. The predicted molar refractivity (Wildman–Crippen MR) is 95.2 cm³/mol. The standard InChI is InChI=1S/C18H15F3N4OS/c19-18(20,21)12-4-1-3-11(7-12)9-22-16-10-23-17(26)14-8-13(24-25(14)16)15-5-2-6-27-15/h1-8,16,22H,9-10H2,(H,23,26)/t16-/m1/s1. The highest BCUT2D eigenvalue weighted by atomic mass is 32.1. The molecule has 3 aromatic rings. The lowest BCUT2D eigenvalue weighted by atomic mass is 10.1. The number of carbonyl (C=O) groups is 1. The van der Waals surface area contributed by atoms with Crippen molar-refractivity contribution < 1.29 is 18.0 Å². The maximum Gasteiger partial charge on any atom is 0.416 e. The maximum atomic E-state index is 12.9. The lowest BCUT2D eigenvalue weighted by Gasteiger charge is -2.26. The van der Waals surface area contributed by atoms with E-state index >= 15 is 0 Å². The van der Waals surface area contributed by atoms with Crippen LogP contribution in [0.4, 0.5) is 13.2 Å². The lowest BCUT2D eigenvalue weighted by molar-refractivity contribution is -0.137. The SMILES string of the molecule is O=C1NC[C@H](NCc2cccc(C(F)(F)F)c2)n2nc(-c3cccs3)cc21. The van der Waals surface area contributed by atoms with Crippen molar-refractivity contribution in [2.24, 2.45) is 0 Å². The van der Waals surface area contributed by atoms with Crippen molar-refractivity contribution in [2.75, 3.05) is 6.54 Å². The molecule has 0 fully saturated rings. The summed E-state index contributed by atoms with van der Waals surface area (Å²) in [6, 6.07) is 10.7. The summed E-state index contributed by atoms with van der Waals surface area (Å²) < 4.78 is 40.2. The number of nitrogens with one attached hydrogen (secondary N) is 2. The van der Waals surface area contributed by atoms with Crippen LogP contribution < -0.4 is 10.6 Å². The largest absolute Gasteiger partial charge is 0.416 e. The first-order valence-corrected chi connectivity index (χ1v) is 9.11. The minimum absolute atomic E-state index is 0.220. The van der Waals surface area contributed by atoms with Gasteiger partial charge in [0.1, 0.15) is 17.6 Å². The zero-order valence-corrected chi connectivity index (χ0v) is 14.8. The second kappa shape index (κ2) is 6.82. The molecule has 9 heteroatoms. The van der Waals surface area contributed by atoms with Crippen LogP contribution in [-0.2, 0) is 12.7 Å². The van der Waals surface area contributed by atoms with E-state index in [9.17, 15) is 18.0 Å². The molecule has 5 nitrogen and oxygen atoms in total. The number of carbonyl (C=O) groups excluding carboxylic acids is 1. The Bertz CT molecular complexity index is 965. The number of hydrogen-bond acceptors (Lipinski definition) is 4. The molecule has 1 amide bonds. The zero-order chi connectivity index (χ0) is 19.0. The number of fused-ring (bicyclic) bond motifs is 1. The minimum atomic E-state index is -4.38. The normalized spacial score (nSPS) is 16.9. The van der Waals surface area contributed by atoms with Crippen molar-refractivity contribution in [2.45, 2.75) is 18.9 Å². The molecular weight excluding hydrogens is 377 g/mol. The second-order valence-corrected chi connectivity index (χ2v) is 7.09. The molecule has 0 saturated heterocycles. The van der Waals surface area contributed by atoms with E-state index in [1.807, 2.05) is 17.5 Å². The van der Waals surface area contributed by atoms with Crippen LogP contribution in [0.25, 0.3) is 10.6 Å². The summed E-state index contributed by atoms with van der Waals surface area (Å²) in [6.45, 7) is 0.522. The molecule has 4 rings (SSSR count). The molecule has 0 aliphatic carbocycles. The summed E-state index contributed by atoms with van der Waals surface area (Å²) in [5, 5.41) is 12.4. The van der Waals surface area contributed by atoms with E-state index in [-0.39, 0.29) is 18.6 Å². The van der Waals surface area contributed by atoms with Gasteiger partial charge in [-0.15, -0.1) is 11.3 Å². The Morgan fingerprint density at radius 3 is 2.85 bits per heavy atom. The van der Waals surface area contributed by atoms with E-state index in [0.717, 1.165) is 17.0 Å². The third kappa shape index (κ3) is 3.60. The third-order valence-corrected chi connectivity index (χ3v) is 5.18. The Morgan fingerprint density at radius 1 is 1.26 bits per heavy atom. The average molecular weight is 392 g/mol. The van der Waals surface area contributed by atoms with Gasteiger partial charge in [0.05, 0.1) is 17.0 Å². The first kappa shape index (κ1) is 17.7. The van der Waals surface area contributed by atoms with Gasteiger partial charge in [0.2, 0.25) is 0 Å². The van der Waals surface area contributed by atoms with Crippen molar-refractivity contribution in [3.8, 4) is 10.6 Å². The van der Waals surface area contributed by atoms with Gasteiger partial charge in [-0.1, -0.05) is 24.3 Å². The molecule has 1 atom stereocenters. The fourth-order valence-electron chi connectivity index (χ4n) is 2.96. The number of aromatic nitrogens is 2.